The molecule has 1 aliphatic rings. The van der Waals surface area contributed by atoms with Gasteiger partial charge in [0.2, 0.25) is 5.91 Å². The monoisotopic (exact) mass is 350 g/mol. The molecule has 1 atom stereocenters. The molecule has 7 nitrogen and oxygen atoms in total. The van der Waals surface area contributed by atoms with Gasteiger partial charge in [0, 0.05) is 26.1 Å². The first-order chi connectivity index (χ1) is 12.0. The fourth-order valence-corrected chi connectivity index (χ4v) is 2.79. The van der Waals surface area contributed by atoms with Crippen molar-refractivity contribution in [2.45, 2.75) is 18.9 Å². The molecule has 0 unspecified atom stereocenters. The maximum atomic E-state index is 12.3. The number of benzene rings is 1. The van der Waals surface area contributed by atoms with Crippen LogP contribution in [-0.2, 0) is 14.3 Å². The van der Waals surface area contributed by atoms with Crippen LogP contribution in [0.3, 0.4) is 0 Å². The number of amides is 1. The first-order valence-corrected chi connectivity index (χ1v) is 8.52. The number of para-hydroxylation sites is 1. The molecule has 0 aliphatic carbocycles. The lowest BCUT2D eigenvalue weighted by Gasteiger charge is -2.34. The van der Waals surface area contributed by atoms with Crippen molar-refractivity contribution in [2.75, 3.05) is 46.4 Å². The second-order valence-electron chi connectivity index (χ2n) is 6.19. The van der Waals surface area contributed by atoms with Crippen molar-refractivity contribution in [2.24, 2.45) is 0 Å². The van der Waals surface area contributed by atoms with Crippen LogP contribution < -0.4 is 4.74 Å². The summed E-state index contributed by atoms with van der Waals surface area (Å²) in [5, 5.41) is 8.80. The Labute approximate surface area is 148 Å². The van der Waals surface area contributed by atoms with E-state index in [1.807, 2.05) is 30.3 Å². The van der Waals surface area contributed by atoms with Gasteiger partial charge in [0.1, 0.15) is 5.75 Å². The van der Waals surface area contributed by atoms with Crippen molar-refractivity contribution in [3.63, 3.8) is 0 Å². The van der Waals surface area contributed by atoms with Gasteiger partial charge in [-0.25, -0.2) is 0 Å². The smallest absolute Gasteiger partial charge is 0.317 e. The van der Waals surface area contributed by atoms with Crippen molar-refractivity contribution in [1.82, 2.24) is 9.80 Å². The minimum atomic E-state index is -0.871. The van der Waals surface area contributed by atoms with Crippen LogP contribution in [0.1, 0.15) is 12.8 Å². The first kappa shape index (κ1) is 19.2. The standard InChI is InChI=1S/C18H26N2O5/c1-19(14-18(22)23)12-16-13-20(9-11-25-16)17(21)8-5-10-24-15-6-3-2-4-7-15/h2-4,6-7,16H,5,8-14H2,1H3,(H,22,23)/t16-/m1/s1. The Morgan fingerprint density at radius 3 is 2.84 bits per heavy atom. The average Bonchev–Trinajstić information content (AvgIpc) is 2.59. The van der Waals surface area contributed by atoms with E-state index < -0.39 is 5.97 Å². The average molecular weight is 350 g/mol. The summed E-state index contributed by atoms with van der Waals surface area (Å²) >= 11 is 0. The molecule has 1 saturated heterocycles. The Morgan fingerprint density at radius 1 is 1.36 bits per heavy atom. The molecule has 138 valence electrons. The molecule has 0 saturated carbocycles. The van der Waals surface area contributed by atoms with Crippen molar-refractivity contribution in [3.05, 3.63) is 30.3 Å². The topological polar surface area (TPSA) is 79.3 Å². The van der Waals surface area contributed by atoms with Gasteiger partial charge in [0.25, 0.3) is 0 Å². The van der Waals surface area contributed by atoms with Crippen LogP contribution in [0.4, 0.5) is 0 Å². The molecule has 1 aromatic rings. The second-order valence-corrected chi connectivity index (χ2v) is 6.19. The molecular weight excluding hydrogens is 324 g/mol. The second kappa shape index (κ2) is 10.0. The minimum Gasteiger partial charge on any atom is -0.494 e. The molecule has 0 radical (unpaired) electrons. The van der Waals surface area contributed by atoms with E-state index in [0.717, 1.165) is 5.75 Å². The summed E-state index contributed by atoms with van der Waals surface area (Å²) in [5.74, 6) is 0.0263. The van der Waals surface area contributed by atoms with Gasteiger partial charge in [-0.15, -0.1) is 0 Å². The number of morpholine rings is 1. The molecule has 0 bridgehead atoms. The third kappa shape index (κ3) is 7.11. The molecular formula is C18H26N2O5. The van der Waals surface area contributed by atoms with Crippen molar-refractivity contribution < 1.29 is 24.2 Å². The zero-order chi connectivity index (χ0) is 18.1. The van der Waals surface area contributed by atoms with Crippen molar-refractivity contribution in [3.8, 4) is 5.75 Å². The highest BCUT2D eigenvalue weighted by atomic mass is 16.5. The largest absolute Gasteiger partial charge is 0.494 e. The quantitative estimate of drug-likeness (QED) is 0.672. The van der Waals surface area contributed by atoms with Crippen LogP contribution in [0.5, 0.6) is 5.75 Å². The molecule has 0 spiro atoms. The minimum absolute atomic E-state index is 0.0371. The third-order valence-electron chi connectivity index (χ3n) is 3.96. The van der Waals surface area contributed by atoms with Crippen LogP contribution in [-0.4, -0.2) is 79.3 Å². The number of carboxylic acid groups (broad SMARTS) is 1. The van der Waals surface area contributed by atoms with Gasteiger partial charge in [-0.1, -0.05) is 18.2 Å². The lowest BCUT2D eigenvalue weighted by Crippen LogP contribution is -2.49. The fraction of sp³-hybridized carbons (Fsp3) is 0.556. The number of hydrogen-bond acceptors (Lipinski definition) is 5. The van der Waals surface area contributed by atoms with E-state index in [9.17, 15) is 9.59 Å². The number of nitrogens with zero attached hydrogens (tertiary/aromatic N) is 2. The molecule has 0 aromatic heterocycles. The van der Waals surface area contributed by atoms with Crippen molar-refractivity contribution in [1.29, 1.82) is 0 Å². The number of carbonyl (C=O) groups is 2. The highest BCUT2D eigenvalue weighted by molar-refractivity contribution is 5.76. The summed E-state index contributed by atoms with van der Waals surface area (Å²) in [4.78, 5) is 26.5. The number of hydrogen-bond donors (Lipinski definition) is 1. The number of carboxylic acids is 1. The van der Waals surface area contributed by atoms with E-state index in [4.69, 9.17) is 14.6 Å². The Morgan fingerprint density at radius 2 is 2.12 bits per heavy atom. The molecule has 7 heteroatoms. The summed E-state index contributed by atoms with van der Waals surface area (Å²) < 4.78 is 11.2. The molecule has 1 fully saturated rings. The summed E-state index contributed by atoms with van der Waals surface area (Å²) in [5.41, 5.74) is 0. The number of aliphatic carboxylic acids is 1. The number of likely N-dealkylation sites (N-methyl/N-ethyl adjacent to an activating group) is 1. The van der Waals surface area contributed by atoms with Gasteiger partial charge < -0.3 is 19.5 Å². The zero-order valence-corrected chi connectivity index (χ0v) is 14.6. The Balaban J connectivity index is 1.67. The predicted molar refractivity (Wildman–Crippen MR) is 92.6 cm³/mol. The number of ether oxygens (including phenoxy) is 2. The lowest BCUT2D eigenvalue weighted by atomic mass is 10.2. The van der Waals surface area contributed by atoms with Crippen LogP contribution in [0.2, 0.25) is 0 Å². The summed E-state index contributed by atoms with van der Waals surface area (Å²) in [6, 6.07) is 9.54. The Hall–Kier alpha value is -2.12. The lowest BCUT2D eigenvalue weighted by molar-refractivity contribution is -0.142. The van der Waals surface area contributed by atoms with Crippen molar-refractivity contribution >= 4 is 11.9 Å². The molecule has 1 amide bonds. The maximum absolute atomic E-state index is 12.3. The molecule has 2 rings (SSSR count). The maximum Gasteiger partial charge on any atom is 0.317 e. The van der Waals surface area contributed by atoms with Gasteiger partial charge >= 0.3 is 5.97 Å². The van der Waals surface area contributed by atoms with E-state index in [1.54, 1.807) is 16.8 Å². The Kier molecular flexibility index (Phi) is 7.69. The summed E-state index contributed by atoms with van der Waals surface area (Å²) in [7, 11) is 1.74. The van der Waals surface area contributed by atoms with Gasteiger partial charge in [0.15, 0.2) is 0 Å². The first-order valence-electron chi connectivity index (χ1n) is 8.52. The number of carbonyl (C=O) groups excluding carboxylic acids is 1. The van der Waals surface area contributed by atoms with Crippen LogP contribution in [0.25, 0.3) is 0 Å². The SMILES string of the molecule is CN(CC(=O)O)C[C@@H]1CN(C(=O)CCCOc2ccccc2)CCO1. The van der Waals surface area contributed by atoms with Crippen LogP contribution in [0, 0.1) is 0 Å². The predicted octanol–water partition coefficient (Wildman–Crippen LogP) is 1.09. The highest BCUT2D eigenvalue weighted by Gasteiger charge is 2.25. The molecule has 1 aliphatic heterocycles. The summed E-state index contributed by atoms with van der Waals surface area (Å²) in [6.45, 7) is 2.53. The van der Waals surface area contributed by atoms with Gasteiger partial charge in [-0.3, -0.25) is 14.5 Å². The van der Waals surface area contributed by atoms with E-state index in [0.29, 0.717) is 45.7 Å². The van der Waals surface area contributed by atoms with Crippen LogP contribution in [0.15, 0.2) is 30.3 Å². The van der Waals surface area contributed by atoms with E-state index in [2.05, 4.69) is 0 Å². The third-order valence-corrected chi connectivity index (χ3v) is 3.96. The zero-order valence-electron chi connectivity index (χ0n) is 14.6. The normalized spacial score (nSPS) is 17.5. The van der Waals surface area contributed by atoms with E-state index >= 15 is 0 Å². The van der Waals surface area contributed by atoms with Gasteiger partial charge in [0.05, 0.1) is 25.9 Å². The van der Waals surface area contributed by atoms with Crippen LogP contribution >= 0.6 is 0 Å². The number of rotatable bonds is 9. The van der Waals surface area contributed by atoms with Gasteiger partial charge in [-0.05, 0) is 25.6 Å². The highest BCUT2D eigenvalue weighted by Crippen LogP contribution is 2.11. The molecule has 25 heavy (non-hydrogen) atoms. The van der Waals surface area contributed by atoms with E-state index in [-0.39, 0.29) is 18.6 Å². The fourth-order valence-electron chi connectivity index (χ4n) is 2.79. The molecule has 1 N–H and O–H groups in total. The molecule has 1 heterocycles. The van der Waals surface area contributed by atoms with E-state index in [1.165, 1.54) is 0 Å². The summed E-state index contributed by atoms with van der Waals surface area (Å²) in [6.07, 6.45) is 0.946. The molecule has 1 aromatic carbocycles. The Bertz CT molecular complexity index is 552. The van der Waals surface area contributed by atoms with Gasteiger partial charge in [-0.2, -0.15) is 0 Å².